The van der Waals surface area contributed by atoms with Crippen LogP contribution in [-0.4, -0.2) is 6.11 Å². The van der Waals surface area contributed by atoms with Gasteiger partial charge in [0.15, 0.2) is 0 Å². The van der Waals surface area contributed by atoms with E-state index in [-0.39, 0.29) is 5.75 Å². The first-order valence-corrected chi connectivity index (χ1v) is 6.82. The average molecular weight is 266 g/mol. The fraction of sp³-hybridized carbons (Fsp3) is 0.500. The fourth-order valence-electron chi connectivity index (χ4n) is 2.63. The van der Waals surface area contributed by atoms with Crippen LogP contribution in [0.5, 0.6) is 5.75 Å². The Labute approximate surface area is 113 Å². The molecule has 0 N–H and O–H groups in total. The van der Waals surface area contributed by atoms with Gasteiger partial charge in [0.1, 0.15) is 5.75 Å². The van der Waals surface area contributed by atoms with E-state index >= 15 is 0 Å². The Balaban J connectivity index is 2.03. The van der Waals surface area contributed by atoms with Crippen LogP contribution < -0.4 is 4.74 Å². The third kappa shape index (κ3) is 4.05. The van der Waals surface area contributed by atoms with Gasteiger partial charge in [-0.15, -0.1) is 0 Å². The van der Waals surface area contributed by atoms with Crippen LogP contribution in [0, 0.1) is 5.92 Å². The molecule has 0 unspecified atom stereocenters. The molecule has 1 aliphatic rings. The van der Waals surface area contributed by atoms with E-state index in [1.807, 2.05) is 12.1 Å². The molecule has 0 aromatic heterocycles. The Bertz CT molecular complexity index is 425. The van der Waals surface area contributed by atoms with Crippen molar-refractivity contribution in [3.63, 3.8) is 0 Å². The van der Waals surface area contributed by atoms with Crippen LogP contribution >= 0.6 is 0 Å². The predicted molar refractivity (Wildman–Crippen MR) is 73.3 cm³/mol. The third-order valence-corrected chi connectivity index (χ3v) is 3.62. The standard InChI is InChI=1S/C16H20F2O/c1-12(13-6-4-3-5-7-13)14-8-10-15(11-9-14)19-16(2,17)18/h8-11,13H,1,3-7H2,2H3. The Morgan fingerprint density at radius 3 is 2.26 bits per heavy atom. The highest BCUT2D eigenvalue weighted by molar-refractivity contribution is 5.65. The Morgan fingerprint density at radius 2 is 1.74 bits per heavy atom. The Morgan fingerprint density at radius 1 is 1.16 bits per heavy atom. The fourth-order valence-corrected chi connectivity index (χ4v) is 2.63. The second-order valence-electron chi connectivity index (χ2n) is 5.29. The van der Waals surface area contributed by atoms with Gasteiger partial charge in [-0.3, -0.25) is 0 Å². The molecule has 1 saturated carbocycles. The summed E-state index contributed by atoms with van der Waals surface area (Å²) in [4.78, 5) is 0. The molecule has 19 heavy (non-hydrogen) atoms. The van der Waals surface area contributed by atoms with Crippen molar-refractivity contribution >= 4 is 5.57 Å². The molecule has 0 saturated heterocycles. The minimum absolute atomic E-state index is 0.188. The molecule has 0 atom stereocenters. The summed E-state index contributed by atoms with van der Waals surface area (Å²) in [6, 6.07) is 6.80. The summed E-state index contributed by atoms with van der Waals surface area (Å²) in [5.41, 5.74) is 2.15. The lowest BCUT2D eigenvalue weighted by Crippen LogP contribution is -2.19. The number of benzene rings is 1. The minimum Gasteiger partial charge on any atom is -0.433 e. The van der Waals surface area contributed by atoms with Gasteiger partial charge in [0, 0.05) is 6.92 Å². The molecule has 0 spiro atoms. The highest BCUT2D eigenvalue weighted by atomic mass is 19.3. The summed E-state index contributed by atoms with van der Waals surface area (Å²) in [6.45, 7) is 4.90. The van der Waals surface area contributed by atoms with Crippen molar-refractivity contribution in [2.75, 3.05) is 0 Å². The van der Waals surface area contributed by atoms with E-state index in [1.165, 1.54) is 32.1 Å². The van der Waals surface area contributed by atoms with Gasteiger partial charge in [-0.25, -0.2) is 0 Å². The Hall–Kier alpha value is -1.38. The zero-order chi connectivity index (χ0) is 13.9. The molecule has 1 aromatic rings. The highest BCUT2D eigenvalue weighted by Gasteiger charge is 2.23. The summed E-state index contributed by atoms with van der Waals surface area (Å²) in [7, 11) is 0. The highest BCUT2D eigenvalue weighted by Crippen LogP contribution is 2.34. The molecule has 0 aliphatic heterocycles. The summed E-state index contributed by atoms with van der Waals surface area (Å²) in [5, 5.41) is 0. The van der Waals surface area contributed by atoms with Crippen molar-refractivity contribution in [1.29, 1.82) is 0 Å². The van der Waals surface area contributed by atoms with E-state index in [4.69, 9.17) is 0 Å². The van der Waals surface area contributed by atoms with Crippen LogP contribution in [-0.2, 0) is 0 Å². The van der Waals surface area contributed by atoms with Gasteiger partial charge in [0.2, 0.25) is 0 Å². The summed E-state index contributed by atoms with van der Waals surface area (Å²) in [6.07, 6.45) is 3.05. The molecule has 1 aromatic carbocycles. The maximum absolute atomic E-state index is 12.7. The SMILES string of the molecule is C=C(c1ccc(OC(C)(F)F)cc1)C1CCCCC1. The van der Waals surface area contributed by atoms with Gasteiger partial charge in [-0.05, 0) is 42.0 Å². The largest absolute Gasteiger partial charge is 0.433 e. The van der Waals surface area contributed by atoms with E-state index in [1.54, 1.807) is 12.1 Å². The molecule has 0 amide bonds. The molecule has 1 fully saturated rings. The van der Waals surface area contributed by atoms with Crippen LogP contribution in [0.4, 0.5) is 8.78 Å². The van der Waals surface area contributed by atoms with Gasteiger partial charge in [0.25, 0.3) is 0 Å². The number of ether oxygens (including phenoxy) is 1. The van der Waals surface area contributed by atoms with E-state index in [0.29, 0.717) is 5.92 Å². The van der Waals surface area contributed by atoms with E-state index < -0.39 is 6.11 Å². The van der Waals surface area contributed by atoms with Crippen molar-refractivity contribution in [1.82, 2.24) is 0 Å². The molecule has 0 radical (unpaired) electrons. The normalized spacial score (nSPS) is 17.2. The molecule has 1 aliphatic carbocycles. The van der Waals surface area contributed by atoms with Crippen molar-refractivity contribution < 1.29 is 13.5 Å². The van der Waals surface area contributed by atoms with Gasteiger partial charge in [-0.2, -0.15) is 8.78 Å². The van der Waals surface area contributed by atoms with Crippen LogP contribution in [0.15, 0.2) is 30.8 Å². The Kier molecular flexibility index (Phi) is 4.23. The van der Waals surface area contributed by atoms with Crippen LogP contribution in [0.2, 0.25) is 0 Å². The van der Waals surface area contributed by atoms with E-state index in [0.717, 1.165) is 18.1 Å². The first-order valence-electron chi connectivity index (χ1n) is 6.82. The van der Waals surface area contributed by atoms with Crippen molar-refractivity contribution in [2.24, 2.45) is 5.92 Å². The lowest BCUT2D eigenvalue weighted by molar-refractivity contribution is -0.158. The summed E-state index contributed by atoms with van der Waals surface area (Å²) >= 11 is 0. The van der Waals surface area contributed by atoms with E-state index in [9.17, 15) is 8.78 Å². The van der Waals surface area contributed by atoms with Gasteiger partial charge < -0.3 is 4.74 Å². The van der Waals surface area contributed by atoms with Gasteiger partial charge in [0.05, 0.1) is 0 Å². The number of rotatable bonds is 4. The predicted octanol–water partition coefficient (Wildman–Crippen LogP) is 5.27. The van der Waals surface area contributed by atoms with Gasteiger partial charge in [-0.1, -0.05) is 38.0 Å². The molecule has 0 heterocycles. The number of hydrogen-bond acceptors (Lipinski definition) is 1. The van der Waals surface area contributed by atoms with Crippen LogP contribution in [0.25, 0.3) is 5.57 Å². The minimum atomic E-state index is -3.14. The first-order chi connectivity index (χ1) is 8.96. The quantitative estimate of drug-likeness (QED) is 0.721. The number of alkyl halides is 2. The molecule has 0 bridgehead atoms. The molecule has 104 valence electrons. The topological polar surface area (TPSA) is 9.23 Å². The molecular formula is C16H20F2O. The molecule has 3 heteroatoms. The molecule has 1 nitrogen and oxygen atoms in total. The van der Waals surface area contributed by atoms with Crippen molar-refractivity contribution in [2.45, 2.75) is 45.1 Å². The zero-order valence-corrected chi connectivity index (χ0v) is 11.3. The second kappa shape index (κ2) is 5.72. The van der Waals surface area contributed by atoms with E-state index in [2.05, 4.69) is 11.3 Å². The summed E-state index contributed by atoms with van der Waals surface area (Å²) in [5.74, 6) is 0.723. The first kappa shape index (κ1) is 14.0. The zero-order valence-electron chi connectivity index (χ0n) is 11.3. The monoisotopic (exact) mass is 266 g/mol. The number of hydrogen-bond donors (Lipinski definition) is 0. The lowest BCUT2D eigenvalue weighted by atomic mass is 9.82. The number of allylic oxidation sites excluding steroid dienone is 1. The maximum Gasteiger partial charge on any atom is 0.394 e. The molecule has 2 rings (SSSR count). The second-order valence-corrected chi connectivity index (χ2v) is 5.29. The van der Waals surface area contributed by atoms with Crippen molar-refractivity contribution in [3.05, 3.63) is 36.4 Å². The summed E-state index contributed by atoms with van der Waals surface area (Å²) < 4.78 is 30.0. The van der Waals surface area contributed by atoms with Crippen molar-refractivity contribution in [3.8, 4) is 5.75 Å². The third-order valence-electron chi connectivity index (χ3n) is 3.62. The maximum atomic E-state index is 12.7. The lowest BCUT2D eigenvalue weighted by Gasteiger charge is -2.24. The number of halogens is 2. The smallest absolute Gasteiger partial charge is 0.394 e. The van der Waals surface area contributed by atoms with Crippen LogP contribution in [0.1, 0.15) is 44.6 Å². The molecular weight excluding hydrogens is 246 g/mol. The van der Waals surface area contributed by atoms with Crippen LogP contribution in [0.3, 0.4) is 0 Å². The van der Waals surface area contributed by atoms with Gasteiger partial charge >= 0.3 is 6.11 Å². The average Bonchev–Trinajstić information content (AvgIpc) is 2.38.